The minimum absolute atomic E-state index is 0.333. The summed E-state index contributed by atoms with van der Waals surface area (Å²) in [6.45, 7) is 3.73. The molecule has 5 nitrogen and oxygen atoms in total. The summed E-state index contributed by atoms with van der Waals surface area (Å²) in [5.74, 6) is 0.898. The number of aromatic nitrogens is 1. The molecule has 0 bridgehead atoms. The van der Waals surface area contributed by atoms with Gasteiger partial charge < -0.3 is 15.1 Å². The molecule has 1 aromatic carbocycles. The first-order valence-electron chi connectivity index (χ1n) is 9.30. The number of anilines is 1. The average Bonchev–Trinajstić information content (AvgIpc) is 2.66. The molecule has 132 valence electrons. The van der Waals surface area contributed by atoms with Crippen LogP contribution >= 0.6 is 0 Å². The van der Waals surface area contributed by atoms with E-state index >= 15 is 0 Å². The second kappa shape index (κ2) is 7.00. The van der Waals surface area contributed by atoms with Crippen molar-refractivity contribution < 1.29 is 4.79 Å². The van der Waals surface area contributed by atoms with E-state index in [4.69, 9.17) is 0 Å². The van der Waals surface area contributed by atoms with Gasteiger partial charge in [-0.15, -0.1) is 0 Å². The molecule has 2 atom stereocenters. The number of fused-ring (bicyclic) bond motifs is 2. The summed E-state index contributed by atoms with van der Waals surface area (Å²) in [6, 6.07) is 10.9. The molecular formula is C20H26N4O. The monoisotopic (exact) mass is 338 g/mol. The number of amides is 1. The van der Waals surface area contributed by atoms with Crippen LogP contribution in [0.5, 0.6) is 0 Å². The number of likely N-dealkylation sites (tertiary alicyclic amines) is 1. The molecule has 3 heterocycles. The Morgan fingerprint density at radius 3 is 3.00 bits per heavy atom. The maximum atomic E-state index is 12.4. The third kappa shape index (κ3) is 3.09. The molecule has 0 saturated carbocycles. The molecule has 5 heteroatoms. The summed E-state index contributed by atoms with van der Waals surface area (Å²) in [6.07, 6.45) is 4.67. The molecule has 0 unspecified atom stereocenters. The normalized spacial score (nSPS) is 23.8. The van der Waals surface area contributed by atoms with Crippen molar-refractivity contribution in [1.82, 2.24) is 15.2 Å². The molecule has 4 rings (SSSR count). The number of pyridine rings is 1. The summed E-state index contributed by atoms with van der Waals surface area (Å²) >= 11 is 0. The minimum Gasteiger partial charge on any atom is -0.371 e. The van der Waals surface area contributed by atoms with Gasteiger partial charge in [-0.2, -0.15) is 0 Å². The number of nitrogens with zero attached hydrogens (tertiary/aromatic N) is 3. The molecule has 1 N–H and O–H groups in total. The Morgan fingerprint density at radius 2 is 2.12 bits per heavy atom. The fourth-order valence-electron chi connectivity index (χ4n) is 4.45. The van der Waals surface area contributed by atoms with Crippen LogP contribution in [0.4, 0.5) is 5.69 Å². The summed E-state index contributed by atoms with van der Waals surface area (Å²) in [7, 11) is 1.95. The van der Waals surface area contributed by atoms with Crippen LogP contribution in [-0.2, 0) is 4.79 Å². The van der Waals surface area contributed by atoms with Gasteiger partial charge in [0.1, 0.15) is 0 Å². The largest absolute Gasteiger partial charge is 0.371 e. The van der Waals surface area contributed by atoms with Crippen LogP contribution in [-0.4, -0.2) is 55.1 Å². The second-order valence-electron chi connectivity index (χ2n) is 7.14. The molecular weight excluding hydrogens is 312 g/mol. The number of carbonyl (C=O) groups excluding carboxylic acids is 1. The second-order valence-corrected chi connectivity index (χ2v) is 7.14. The lowest BCUT2D eigenvalue weighted by atomic mass is 9.83. The van der Waals surface area contributed by atoms with Crippen LogP contribution in [0.2, 0.25) is 0 Å². The molecule has 2 aliphatic heterocycles. The Hall–Kier alpha value is -2.14. The predicted molar refractivity (Wildman–Crippen MR) is 101 cm³/mol. The zero-order valence-electron chi connectivity index (χ0n) is 14.8. The number of carbonyl (C=O) groups is 1. The van der Waals surface area contributed by atoms with Crippen LogP contribution in [0.15, 0.2) is 36.5 Å². The Balaban J connectivity index is 1.55. The van der Waals surface area contributed by atoms with E-state index in [1.807, 2.05) is 19.3 Å². The molecule has 2 aromatic rings. The van der Waals surface area contributed by atoms with Gasteiger partial charge in [0.05, 0.1) is 5.52 Å². The van der Waals surface area contributed by atoms with Crippen molar-refractivity contribution in [1.29, 1.82) is 0 Å². The van der Waals surface area contributed by atoms with Gasteiger partial charge in [-0.25, -0.2) is 0 Å². The SMILES string of the molecule is CNCCN1C(=O)CC[C@H]2CN(c3ccnc4ccccc34)CC[C@H]21. The zero-order chi connectivity index (χ0) is 17.2. The predicted octanol–water partition coefficient (Wildman–Crippen LogP) is 2.27. The lowest BCUT2D eigenvalue weighted by Gasteiger charge is -2.48. The van der Waals surface area contributed by atoms with Gasteiger partial charge in [-0.05, 0) is 37.9 Å². The van der Waals surface area contributed by atoms with Crippen molar-refractivity contribution in [2.24, 2.45) is 5.92 Å². The van der Waals surface area contributed by atoms with Gasteiger partial charge in [-0.1, -0.05) is 18.2 Å². The molecule has 0 radical (unpaired) electrons. The quantitative estimate of drug-likeness (QED) is 0.929. The highest BCUT2D eigenvalue weighted by molar-refractivity contribution is 5.91. The van der Waals surface area contributed by atoms with Gasteiger partial charge >= 0.3 is 0 Å². The summed E-state index contributed by atoms with van der Waals surface area (Å²) < 4.78 is 0. The third-order valence-electron chi connectivity index (χ3n) is 5.71. The first-order valence-corrected chi connectivity index (χ1v) is 9.30. The molecule has 2 aliphatic rings. The van der Waals surface area contributed by atoms with Crippen LogP contribution in [0.3, 0.4) is 0 Å². The first-order chi connectivity index (χ1) is 12.3. The number of benzene rings is 1. The van der Waals surface area contributed by atoms with E-state index in [1.165, 1.54) is 11.1 Å². The third-order valence-corrected chi connectivity index (χ3v) is 5.71. The van der Waals surface area contributed by atoms with Crippen molar-refractivity contribution in [2.75, 3.05) is 38.1 Å². The highest BCUT2D eigenvalue weighted by atomic mass is 16.2. The molecule has 25 heavy (non-hydrogen) atoms. The van der Waals surface area contributed by atoms with Crippen LogP contribution in [0.25, 0.3) is 10.9 Å². The van der Waals surface area contributed by atoms with Crippen molar-refractivity contribution in [2.45, 2.75) is 25.3 Å². The number of nitrogens with one attached hydrogen (secondary N) is 1. The molecule has 1 aromatic heterocycles. The average molecular weight is 338 g/mol. The fraction of sp³-hybridized carbons (Fsp3) is 0.500. The number of piperidine rings is 2. The van der Waals surface area contributed by atoms with E-state index < -0.39 is 0 Å². The zero-order valence-corrected chi connectivity index (χ0v) is 14.8. The molecule has 0 spiro atoms. The minimum atomic E-state index is 0.333. The van der Waals surface area contributed by atoms with E-state index in [9.17, 15) is 4.79 Å². The van der Waals surface area contributed by atoms with E-state index in [1.54, 1.807) is 0 Å². The number of para-hydroxylation sites is 1. The highest BCUT2D eigenvalue weighted by Crippen LogP contribution is 2.35. The summed E-state index contributed by atoms with van der Waals surface area (Å²) in [5.41, 5.74) is 2.33. The van der Waals surface area contributed by atoms with E-state index in [0.29, 0.717) is 24.3 Å². The van der Waals surface area contributed by atoms with Crippen molar-refractivity contribution >= 4 is 22.5 Å². The van der Waals surface area contributed by atoms with E-state index in [0.717, 1.165) is 44.5 Å². The van der Waals surface area contributed by atoms with Crippen LogP contribution < -0.4 is 10.2 Å². The molecule has 1 amide bonds. The van der Waals surface area contributed by atoms with E-state index in [-0.39, 0.29) is 0 Å². The topological polar surface area (TPSA) is 48.5 Å². The number of rotatable bonds is 4. The van der Waals surface area contributed by atoms with Gasteiger partial charge in [-0.3, -0.25) is 9.78 Å². The standard InChI is InChI=1S/C20H26N4O/c1-21-11-13-24-18-9-12-23(14-15(18)6-7-20(24)25)19-8-10-22-17-5-3-2-4-16(17)19/h2-5,8,10,15,18,21H,6-7,9,11-14H2,1H3/t15-,18+/m0/s1. The maximum absolute atomic E-state index is 12.4. The summed E-state index contributed by atoms with van der Waals surface area (Å²) in [4.78, 5) is 21.5. The van der Waals surface area contributed by atoms with Crippen molar-refractivity contribution in [3.8, 4) is 0 Å². The van der Waals surface area contributed by atoms with Gasteiger partial charge in [0.2, 0.25) is 5.91 Å². The van der Waals surface area contributed by atoms with Crippen molar-refractivity contribution in [3.05, 3.63) is 36.5 Å². The fourth-order valence-corrected chi connectivity index (χ4v) is 4.45. The lowest BCUT2D eigenvalue weighted by molar-refractivity contribution is -0.139. The number of hydrogen-bond acceptors (Lipinski definition) is 4. The van der Waals surface area contributed by atoms with Gasteiger partial charge in [0.15, 0.2) is 0 Å². The highest BCUT2D eigenvalue weighted by Gasteiger charge is 2.39. The Bertz CT molecular complexity index is 757. The lowest BCUT2D eigenvalue weighted by Crippen LogP contribution is -2.57. The number of hydrogen-bond donors (Lipinski definition) is 1. The Labute approximate surface area is 149 Å². The van der Waals surface area contributed by atoms with E-state index in [2.05, 4.69) is 44.4 Å². The van der Waals surface area contributed by atoms with Gasteiger partial charge in [0.25, 0.3) is 0 Å². The van der Waals surface area contributed by atoms with Gasteiger partial charge in [0, 0.05) is 55.9 Å². The maximum Gasteiger partial charge on any atom is 0.222 e. The number of likely N-dealkylation sites (N-methyl/N-ethyl adjacent to an activating group) is 1. The Morgan fingerprint density at radius 1 is 1.24 bits per heavy atom. The van der Waals surface area contributed by atoms with Crippen LogP contribution in [0, 0.1) is 5.92 Å². The van der Waals surface area contributed by atoms with Crippen molar-refractivity contribution in [3.63, 3.8) is 0 Å². The molecule has 2 fully saturated rings. The molecule has 2 saturated heterocycles. The van der Waals surface area contributed by atoms with Crippen LogP contribution in [0.1, 0.15) is 19.3 Å². The smallest absolute Gasteiger partial charge is 0.222 e. The molecule has 0 aliphatic carbocycles. The summed E-state index contributed by atoms with van der Waals surface area (Å²) in [5, 5.41) is 4.40. The first kappa shape index (κ1) is 16.3. The Kier molecular flexibility index (Phi) is 4.57.